The van der Waals surface area contributed by atoms with Crippen LogP contribution < -0.4 is 5.32 Å². The summed E-state index contributed by atoms with van der Waals surface area (Å²) in [5, 5.41) is 8.56. The number of rotatable bonds is 4. The van der Waals surface area contributed by atoms with Crippen molar-refractivity contribution >= 4 is 44.0 Å². The number of halogens is 1. The summed E-state index contributed by atoms with van der Waals surface area (Å²) in [5.41, 5.74) is 6.47. The molecule has 29 heavy (non-hydrogen) atoms. The second-order valence-electron chi connectivity index (χ2n) is 6.92. The smallest absolute Gasteiger partial charge is 0.155 e. The molecule has 3 heterocycles. The highest BCUT2D eigenvalue weighted by molar-refractivity contribution is 9.10. The van der Waals surface area contributed by atoms with Crippen LogP contribution in [-0.2, 0) is 6.42 Å². The topological polar surface area (TPSA) is 68.0 Å². The third-order valence-corrected chi connectivity index (χ3v) is 5.44. The number of benzene rings is 2. The van der Waals surface area contributed by atoms with Crippen molar-refractivity contribution in [2.24, 2.45) is 0 Å². The van der Waals surface area contributed by atoms with E-state index in [1.54, 1.807) is 17.2 Å². The first kappa shape index (κ1) is 17.8. The summed E-state index contributed by atoms with van der Waals surface area (Å²) >= 11 is 3.52. The van der Waals surface area contributed by atoms with Crippen LogP contribution in [0.25, 0.3) is 16.6 Å². The first-order valence-electron chi connectivity index (χ1n) is 9.21. The zero-order valence-corrected chi connectivity index (χ0v) is 17.3. The molecule has 2 aromatic carbocycles. The lowest BCUT2D eigenvalue weighted by atomic mass is 10.0. The van der Waals surface area contributed by atoms with Gasteiger partial charge in [0.2, 0.25) is 0 Å². The Morgan fingerprint density at radius 3 is 2.79 bits per heavy atom. The van der Waals surface area contributed by atoms with Crippen LogP contribution in [0, 0.1) is 6.92 Å². The van der Waals surface area contributed by atoms with E-state index >= 15 is 0 Å². The van der Waals surface area contributed by atoms with Crippen LogP contribution in [0.1, 0.15) is 16.7 Å². The molecule has 0 unspecified atom stereocenters. The Hall–Kier alpha value is -3.32. The van der Waals surface area contributed by atoms with Crippen LogP contribution in [0.3, 0.4) is 0 Å². The molecule has 0 spiro atoms. The highest BCUT2D eigenvalue weighted by Gasteiger charge is 2.07. The van der Waals surface area contributed by atoms with Crippen LogP contribution in [0.5, 0.6) is 0 Å². The summed E-state index contributed by atoms with van der Waals surface area (Å²) in [6.07, 6.45) is 5.95. The van der Waals surface area contributed by atoms with E-state index < -0.39 is 0 Å². The quantitative estimate of drug-likeness (QED) is 0.418. The van der Waals surface area contributed by atoms with E-state index in [1.165, 1.54) is 16.7 Å². The first-order chi connectivity index (χ1) is 14.2. The molecule has 1 N–H and O–H groups in total. The van der Waals surface area contributed by atoms with Crippen molar-refractivity contribution in [3.8, 4) is 0 Å². The molecule has 5 rings (SSSR count). The number of aryl methyl sites for hydroxylation is 1. The van der Waals surface area contributed by atoms with Gasteiger partial charge in [0.15, 0.2) is 5.65 Å². The van der Waals surface area contributed by atoms with Crippen molar-refractivity contribution in [1.82, 2.24) is 24.6 Å². The molecule has 142 valence electrons. The van der Waals surface area contributed by atoms with Crippen LogP contribution in [0.4, 0.5) is 11.5 Å². The molecule has 0 radical (unpaired) electrons. The summed E-state index contributed by atoms with van der Waals surface area (Å²) in [6, 6.07) is 16.5. The van der Waals surface area contributed by atoms with E-state index in [1.807, 2.05) is 24.4 Å². The van der Waals surface area contributed by atoms with Crippen molar-refractivity contribution < 1.29 is 0 Å². The normalized spacial score (nSPS) is 11.2. The first-order valence-corrected chi connectivity index (χ1v) is 10.00. The summed E-state index contributed by atoms with van der Waals surface area (Å²) < 4.78 is 2.77. The second-order valence-corrected chi connectivity index (χ2v) is 7.84. The molecular weight excluding hydrogens is 428 g/mol. The molecule has 5 aromatic rings. The average Bonchev–Trinajstić information content (AvgIpc) is 3.18. The minimum absolute atomic E-state index is 0.792. The van der Waals surface area contributed by atoms with Gasteiger partial charge < -0.3 is 5.32 Å². The minimum Gasteiger partial charge on any atom is -0.340 e. The largest absolute Gasteiger partial charge is 0.340 e. The van der Waals surface area contributed by atoms with Gasteiger partial charge in [-0.25, -0.2) is 19.5 Å². The number of fused-ring (bicyclic) bond motifs is 2. The minimum atomic E-state index is 0.792. The number of nitrogens with zero attached hydrogens (tertiary/aromatic N) is 5. The Balaban J connectivity index is 1.42. The third kappa shape index (κ3) is 3.56. The van der Waals surface area contributed by atoms with Crippen LogP contribution in [0.15, 0.2) is 71.9 Å². The predicted molar refractivity (Wildman–Crippen MR) is 117 cm³/mol. The SMILES string of the molecule is Cc1cc(Nc2ncnc3ccc(Br)cc23)ccc1Cc1ccn2ncnc2c1. The molecule has 0 atom stereocenters. The summed E-state index contributed by atoms with van der Waals surface area (Å²) in [4.78, 5) is 13.0. The monoisotopic (exact) mass is 444 g/mol. The lowest BCUT2D eigenvalue weighted by Crippen LogP contribution is -1.99. The molecule has 6 nitrogen and oxygen atoms in total. The molecule has 0 fully saturated rings. The summed E-state index contributed by atoms with van der Waals surface area (Å²) in [7, 11) is 0. The van der Waals surface area contributed by atoms with E-state index in [9.17, 15) is 0 Å². The average molecular weight is 445 g/mol. The number of anilines is 2. The molecule has 0 saturated carbocycles. The Labute approximate surface area is 175 Å². The van der Waals surface area contributed by atoms with Gasteiger partial charge in [-0.05, 0) is 72.5 Å². The zero-order valence-electron chi connectivity index (χ0n) is 15.7. The Morgan fingerprint density at radius 2 is 1.90 bits per heavy atom. The zero-order chi connectivity index (χ0) is 19.8. The van der Waals surface area contributed by atoms with Crippen LogP contribution in [0.2, 0.25) is 0 Å². The Morgan fingerprint density at radius 1 is 0.966 bits per heavy atom. The molecule has 0 aliphatic rings. The van der Waals surface area contributed by atoms with Gasteiger partial charge in [0.05, 0.1) is 5.52 Å². The number of nitrogens with one attached hydrogen (secondary N) is 1. The van der Waals surface area contributed by atoms with Crippen molar-refractivity contribution in [3.05, 3.63) is 88.5 Å². The van der Waals surface area contributed by atoms with Crippen molar-refractivity contribution in [2.75, 3.05) is 5.32 Å². The van der Waals surface area contributed by atoms with Gasteiger partial charge in [0, 0.05) is 21.7 Å². The fourth-order valence-corrected chi connectivity index (χ4v) is 3.79. The van der Waals surface area contributed by atoms with E-state index in [-0.39, 0.29) is 0 Å². The van der Waals surface area contributed by atoms with Gasteiger partial charge in [0.1, 0.15) is 18.5 Å². The third-order valence-electron chi connectivity index (χ3n) is 4.94. The van der Waals surface area contributed by atoms with Gasteiger partial charge in [-0.1, -0.05) is 22.0 Å². The van der Waals surface area contributed by atoms with Gasteiger partial charge in [0.25, 0.3) is 0 Å². The highest BCUT2D eigenvalue weighted by atomic mass is 79.9. The lowest BCUT2D eigenvalue weighted by molar-refractivity contribution is 0.953. The van der Waals surface area contributed by atoms with Crippen molar-refractivity contribution in [2.45, 2.75) is 13.3 Å². The van der Waals surface area contributed by atoms with Crippen LogP contribution >= 0.6 is 15.9 Å². The van der Waals surface area contributed by atoms with E-state index in [0.29, 0.717) is 0 Å². The van der Waals surface area contributed by atoms with Gasteiger partial charge in [-0.3, -0.25) is 0 Å². The Bertz CT molecular complexity index is 1340. The fraction of sp³-hybridized carbons (Fsp3) is 0.0909. The lowest BCUT2D eigenvalue weighted by Gasteiger charge is -2.12. The van der Waals surface area contributed by atoms with Gasteiger partial charge >= 0.3 is 0 Å². The van der Waals surface area contributed by atoms with E-state index in [2.05, 4.69) is 78.6 Å². The molecule has 7 heteroatoms. The van der Waals surface area contributed by atoms with Gasteiger partial charge in [-0.2, -0.15) is 5.10 Å². The van der Waals surface area contributed by atoms with Crippen molar-refractivity contribution in [1.29, 1.82) is 0 Å². The maximum atomic E-state index is 4.43. The van der Waals surface area contributed by atoms with Crippen molar-refractivity contribution in [3.63, 3.8) is 0 Å². The standard InChI is InChI=1S/C22H17BrN6/c1-14-8-18(28-22-19-11-17(23)3-5-20(19)24-12-26-22)4-2-16(14)9-15-6-7-29-21(10-15)25-13-27-29/h2-8,10-13H,9H2,1H3,(H,24,26,28). The molecule has 0 aliphatic carbocycles. The number of aromatic nitrogens is 5. The molecule has 0 amide bonds. The van der Waals surface area contributed by atoms with E-state index in [4.69, 9.17) is 0 Å². The Kier molecular flexibility index (Phi) is 4.44. The van der Waals surface area contributed by atoms with Gasteiger partial charge in [-0.15, -0.1) is 0 Å². The molecule has 0 aliphatic heterocycles. The summed E-state index contributed by atoms with van der Waals surface area (Å²) in [6.45, 7) is 2.13. The number of pyridine rings is 1. The van der Waals surface area contributed by atoms with E-state index in [0.717, 1.165) is 38.9 Å². The second kappa shape index (κ2) is 7.25. The summed E-state index contributed by atoms with van der Waals surface area (Å²) in [5.74, 6) is 0.792. The molecule has 0 saturated heterocycles. The maximum absolute atomic E-state index is 4.43. The number of hydrogen-bond donors (Lipinski definition) is 1. The fourth-order valence-electron chi connectivity index (χ4n) is 3.42. The highest BCUT2D eigenvalue weighted by Crippen LogP contribution is 2.27. The maximum Gasteiger partial charge on any atom is 0.155 e. The molecular formula is C22H17BrN6. The van der Waals surface area contributed by atoms with Crippen LogP contribution in [-0.4, -0.2) is 24.6 Å². The number of hydrogen-bond acceptors (Lipinski definition) is 5. The molecule has 3 aromatic heterocycles. The molecule has 0 bridgehead atoms. The predicted octanol–water partition coefficient (Wildman–Crippen LogP) is 5.08.